The first-order valence-electron chi connectivity index (χ1n) is 8.45. The summed E-state index contributed by atoms with van der Waals surface area (Å²) in [6.45, 7) is 0.239. The molecule has 2 aromatic carbocycles. The zero-order valence-electron chi connectivity index (χ0n) is 14.8. The van der Waals surface area contributed by atoms with E-state index in [-0.39, 0.29) is 18.4 Å². The fourth-order valence-corrected chi connectivity index (χ4v) is 2.66. The van der Waals surface area contributed by atoms with Crippen LogP contribution in [0.3, 0.4) is 0 Å². The smallest absolute Gasteiger partial charge is 0.251 e. The molecular formula is C21H19ClN2O3. The van der Waals surface area contributed by atoms with Crippen molar-refractivity contribution in [2.24, 2.45) is 0 Å². The van der Waals surface area contributed by atoms with Crippen LogP contribution in [0.4, 0.5) is 0 Å². The summed E-state index contributed by atoms with van der Waals surface area (Å²) >= 11 is 5.89. The Morgan fingerprint density at radius 2 is 1.70 bits per heavy atom. The Morgan fingerprint density at radius 1 is 1.00 bits per heavy atom. The second-order valence-corrected chi connectivity index (χ2v) is 6.51. The maximum absolute atomic E-state index is 12.3. The molecule has 6 heteroatoms. The lowest BCUT2D eigenvalue weighted by molar-refractivity contribution is -0.129. The van der Waals surface area contributed by atoms with Crippen molar-refractivity contribution in [2.75, 3.05) is 13.6 Å². The predicted octanol–water partition coefficient (Wildman–Crippen LogP) is 3.99. The number of furan rings is 1. The van der Waals surface area contributed by atoms with Crippen LogP contribution in [-0.2, 0) is 11.3 Å². The van der Waals surface area contributed by atoms with Crippen molar-refractivity contribution >= 4 is 23.4 Å². The number of carbonyl (C=O) groups is 2. The van der Waals surface area contributed by atoms with Crippen LogP contribution in [-0.4, -0.2) is 30.3 Å². The molecule has 0 saturated heterocycles. The Balaban J connectivity index is 1.54. The normalized spacial score (nSPS) is 10.4. The van der Waals surface area contributed by atoms with E-state index in [0.717, 1.165) is 5.56 Å². The molecule has 3 rings (SSSR count). The van der Waals surface area contributed by atoms with Crippen molar-refractivity contribution in [3.63, 3.8) is 0 Å². The molecule has 3 aromatic rings. The summed E-state index contributed by atoms with van der Waals surface area (Å²) < 4.78 is 5.80. The lowest BCUT2D eigenvalue weighted by Crippen LogP contribution is -2.37. The third kappa shape index (κ3) is 4.99. The molecule has 0 radical (unpaired) electrons. The number of nitrogens with zero attached hydrogens (tertiary/aromatic N) is 1. The standard InChI is InChI=1S/C21H19ClN2O3/c1-24(20(25)13-23-21(26)16-5-3-2-4-6-16)14-18-11-12-19(27-18)15-7-9-17(22)10-8-15/h2-12H,13-14H2,1H3,(H,23,26). The highest BCUT2D eigenvalue weighted by Crippen LogP contribution is 2.24. The summed E-state index contributed by atoms with van der Waals surface area (Å²) in [7, 11) is 1.67. The fraction of sp³-hybridized carbons (Fsp3) is 0.143. The van der Waals surface area contributed by atoms with Gasteiger partial charge in [-0.05, 0) is 48.5 Å². The van der Waals surface area contributed by atoms with E-state index in [0.29, 0.717) is 28.7 Å². The molecule has 1 aromatic heterocycles. The van der Waals surface area contributed by atoms with E-state index in [1.54, 1.807) is 43.4 Å². The molecule has 0 atom stereocenters. The molecule has 0 unspecified atom stereocenters. The van der Waals surface area contributed by atoms with Crippen LogP contribution in [0.15, 0.2) is 71.1 Å². The van der Waals surface area contributed by atoms with Crippen molar-refractivity contribution < 1.29 is 14.0 Å². The van der Waals surface area contributed by atoms with E-state index >= 15 is 0 Å². The third-order valence-corrected chi connectivity index (χ3v) is 4.30. The first-order valence-corrected chi connectivity index (χ1v) is 8.82. The number of nitrogens with one attached hydrogen (secondary N) is 1. The number of carbonyl (C=O) groups excluding carboxylic acids is 2. The van der Waals surface area contributed by atoms with E-state index in [4.69, 9.17) is 16.0 Å². The van der Waals surface area contributed by atoms with E-state index < -0.39 is 0 Å². The summed E-state index contributed by atoms with van der Waals surface area (Å²) in [5.41, 5.74) is 1.43. The predicted molar refractivity (Wildman–Crippen MR) is 104 cm³/mol. The van der Waals surface area contributed by atoms with Crippen molar-refractivity contribution in [3.05, 3.63) is 83.1 Å². The summed E-state index contributed by atoms with van der Waals surface area (Å²) in [5.74, 6) is 0.883. The largest absolute Gasteiger partial charge is 0.459 e. The molecule has 1 N–H and O–H groups in total. The number of hydrogen-bond acceptors (Lipinski definition) is 3. The summed E-state index contributed by atoms with van der Waals surface area (Å²) in [6.07, 6.45) is 0. The van der Waals surface area contributed by atoms with Gasteiger partial charge in [0.15, 0.2) is 0 Å². The van der Waals surface area contributed by atoms with Crippen molar-refractivity contribution in [3.8, 4) is 11.3 Å². The fourth-order valence-electron chi connectivity index (χ4n) is 2.54. The number of likely N-dealkylation sites (N-methyl/N-ethyl adjacent to an activating group) is 1. The summed E-state index contributed by atoms with van der Waals surface area (Å²) in [4.78, 5) is 25.8. The van der Waals surface area contributed by atoms with Crippen LogP contribution in [0.1, 0.15) is 16.1 Å². The van der Waals surface area contributed by atoms with Crippen LogP contribution in [0.25, 0.3) is 11.3 Å². The molecule has 2 amide bonds. The minimum atomic E-state index is -0.277. The Hall–Kier alpha value is -3.05. The average Bonchev–Trinajstić information content (AvgIpc) is 3.15. The van der Waals surface area contributed by atoms with Crippen molar-refractivity contribution in [2.45, 2.75) is 6.54 Å². The Bertz CT molecular complexity index is 920. The van der Waals surface area contributed by atoms with Crippen molar-refractivity contribution in [1.29, 1.82) is 0 Å². The maximum atomic E-state index is 12.3. The van der Waals surface area contributed by atoms with Crippen LogP contribution in [0, 0.1) is 0 Å². The summed E-state index contributed by atoms with van der Waals surface area (Å²) in [6, 6.07) is 19.8. The molecular weight excluding hydrogens is 364 g/mol. The lowest BCUT2D eigenvalue weighted by Gasteiger charge is -2.16. The van der Waals surface area contributed by atoms with Gasteiger partial charge in [0.1, 0.15) is 11.5 Å². The van der Waals surface area contributed by atoms with Crippen LogP contribution < -0.4 is 5.32 Å². The van der Waals surface area contributed by atoms with E-state index in [9.17, 15) is 9.59 Å². The highest BCUT2D eigenvalue weighted by atomic mass is 35.5. The molecule has 0 bridgehead atoms. The first kappa shape index (κ1) is 18.7. The minimum absolute atomic E-state index is 0.0744. The maximum Gasteiger partial charge on any atom is 0.251 e. The van der Waals surface area contributed by atoms with Gasteiger partial charge in [0, 0.05) is 23.2 Å². The first-order chi connectivity index (χ1) is 13.0. The molecule has 5 nitrogen and oxygen atoms in total. The molecule has 0 spiro atoms. The van der Waals surface area contributed by atoms with Gasteiger partial charge in [0.2, 0.25) is 5.91 Å². The molecule has 0 fully saturated rings. The highest BCUT2D eigenvalue weighted by molar-refractivity contribution is 6.30. The second kappa shape index (κ2) is 8.56. The topological polar surface area (TPSA) is 62.6 Å². The number of hydrogen-bond donors (Lipinski definition) is 1. The Kier molecular flexibility index (Phi) is 5.94. The third-order valence-electron chi connectivity index (χ3n) is 4.05. The van der Waals surface area contributed by atoms with Gasteiger partial charge in [0.25, 0.3) is 5.91 Å². The zero-order chi connectivity index (χ0) is 19.2. The van der Waals surface area contributed by atoms with E-state index in [2.05, 4.69) is 5.32 Å². The van der Waals surface area contributed by atoms with Gasteiger partial charge in [-0.25, -0.2) is 0 Å². The number of rotatable bonds is 6. The average molecular weight is 383 g/mol. The van der Waals surface area contributed by atoms with E-state index in [1.165, 1.54) is 4.90 Å². The van der Waals surface area contributed by atoms with Gasteiger partial charge in [-0.1, -0.05) is 29.8 Å². The number of amides is 2. The monoisotopic (exact) mass is 382 g/mol. The van der Waals surface area contributed by atoms with Gasteiger partial charge in [0.05, 0.1) is 13.1 Å². The molecule has 0 aliphatic rings. The minimum Gasteiger partial charge on any atom is -0.459 e. The van der Waals surface area contributed by atoms with Gasteiger partial charge >= 0.3 is 0 Å². The van der Waals surface area contributed by atoms with Crippen molar-refractivity contribution in [1.82, 2.24) is 10.2 Å². The number of benzene rings is 2. The molecule has 0 aliphatic carbocycles. The van der Waals surface area contributed by atoms with Gasteiger partial charge in [-0.2, -0.15) is 0 Å². The van der Waals surface area contributed by atoms with Gasteiger partial charge in [-0.3, -0.25) is 9.59 Å². The van der Waals surface area contributed by atoms with Crippen LogP contribution in [0.5, 0.6) is 0 Å². The lowest BCUT2D eigenvalue weighted by atomic mass is 10.2. The van der Waals surface area contributed by atoms with Crippen LogP contribution >= 0.6 is 11.6 Å². The second-order valence-electron chi connectivity index (χ2n) is 6.07. The summed E-state index contributed by atoms with van der Waals surface area (Å²) in [5, 5.41) is 3.29. The molecule has 27 heavy (non-hydrogen) atoms. The quantitative estimate of drug-likeness (QED) is 0.701. The molecule has 0 aliphatic heterocycles. The van der Waals surface area contributed by atoms with E-state index in [1.807, 2.05) is 30.3 Å². The molecule has 138 valence electrons. The molecule has 0 saturated carbocycles. The Labute approximate surface area is 162 Å². The van der Waals surface area contributed by atoms with Crippen LogP contribution in [0.2, 0.25) is 5.02 Å². The SMILES string of the molecule is CN(Cc1ccc(-c2ccc(Cl)cc2)o1)C(=O)CNC(=O)c1ccccc1. The van der Waals surface area contributed by atoms with Gasteiger partial charge < -0.3 is 14.6 Å². The highest BCUT2D eigenvalue weighted by Gasteiger charge is 2.14. The molecule has 1 heterocycles. The zero-order valence-corrected chi connectivity index (χ0v) is 15.6. The van der Waals surface area contributed by atoms with Gasteiger partial charge in [-0.15, -0.1) is 0 Å². The number of halogens is 1. The Morgan fingerprint density at radius 3 is 2.41 bits per heavy atom.